The SMILES string of the molecule is CN(CCn1c(=O)c2cc(F)c(NC3CCCCC3)cc2n(C2CCCC2)c1=O)CC(=O)O. The second kappa shape index (κ2) is 10.1. The van der Waals surface area contributed by atoms with Gasteiger partial charge in [-0.25, -0.2) is 9.18 Å². The molecule has 0 aliphatic heterocycles. The second-order valence-electron chi connectivity index (χ2n) is 9.51. The lowest BCUT2D eigenvalue weighted by Gasteiger charge is -2.25. The molecule has 0 unspecified atom stereocenters. The zero-order chi connectivity index (χ0) is 23.5. The molecule has 180 valence electrons. The van der Waals surface area contributed by atoms with Crippen LogP contribution in [-0.4, -0.2) is 51.3 Å². The van der Waals surface area contributed by atoms with Crippen LogP contribution in [0.15, 0.2) is 21.7 Å². The van der Waals surface area contributed by atoms with Gasteiger partial charge in [0, 0.05) is 25.2 Å². The number of rotatable bonds is 8. The molecule has 0 atom stereocenters. The minimum absolute atomic E-state index is 0.0309. The van der Waals surface area contributed by atoms with Crippen LogP contribution in [0, 0.1) is 5.82 Å². The van der Waals surface area contributed by atoms with Crippen LogP contribution in [0.3, 0.4) is 0 Å². The standard InChI is InChI=1S/C24H33FN4O4/c1-27(15-22(30)31)11-12-28-23(32)18-13-19(25)20(26-16-7-3-2-4-8-16)14-21(18)29(24(28)33)17-9-5-6-10-17/h13-14,16-17,26H,2-12,15H2,1H3,(H,30,31). The zero-order valence-corrected chi connectivity index (χ0v) is 19.2. The number of carboxylic acids is 1. The van der Waals surface area contributed by atoms with Crippen molar-refractivity contribution in [3.05, 3.63) is 38.8 Å². The molecule has 2 N–H and O–H groups in total. The highest BCUT2D eigenvalue weighted by molar-refractivity contribution is 5.82. The summed E-state index contributed by atoms with van der Waals surface area (Å²) in [6.45, 7) is 0.0825. The van der Waals surface area contributed by atoms with E-state index in [1.54, 1.807) is 17.7 Å². The van der Waals surface area contributed by atoms with E-state index in [9.17, 15) is 14.4 Å². The third-order valence-electron chi connectivity index (χ3n) is 7.02. The Hall–Kier alpha value is -2.68. The van der Waals surface area contributed by atoms with Crippen molar-refractivity contribution >= 4 is 22.6 Å². The molecule has 0 bridgehead atoms. The highest BCUT2D eigenvalue weighted by Gasteiger charge is 2.25. The molecule has 33 heavy (non-hydrogen) atoms. The maximum Gasteiger partial charge on any atom is 0.331 e. The Morgan fingerprint density at radius 2 is 1.79 bits per heavy atom. The molecular weight excluding hydrogens is 427 g/mol. The molecule has 0 radical (unpaired) electrons. The fourth-order valence-corrected chi connectivity index (χ4v) is 5.27. The van der Waals surface area contributed by atoms with E-state index in [1.807, 2.05) is 0 Å². The Morgan fingerprint density at radius 1 is 1.12 bits per heavy atom. The van der Waals surface area contributed by atoms with Crippen LogP contribution in [0.2, 0.25) is 0 Å². The van der Waals surface area contributed by atoms with Crippen molar-refractivity contribution in [1.82, 2.24) is 14.0 Å². The Morgan fingerprint density at radius 3 is 2.45 bits per heavy atom. The van der Waals surface area contributed by atoms with Crippen LogP contribution >= 0.6 is 0 Å². The first-order chi connectivity index (χ1) is 15.8. The molecule has 1 aromatic heterocycles. The predicted molar refractivity (Wildman–Crippen MR) is 126 cm³/mol. The monoisotopic (exact) mass is 460 g/mol. The van der Waals surface area contributed by atoms with Gasteiger partial charge in [-0.2, -0.15) is 0 Å². The van der Waals surface area contributed by atoms with E-state index in [-0.39, 0.29) is 37.1 Å². The van der Waals surface area contributed by atoms with Crippen LogP contribution in [0.1, 0.15) is 63.8 Å². The average Bonchev–Trinajstić information content (AvgIpc) is 3.30. The molecule has 2 aromatic rings. The molecule has 2 aliphatic rings. The summed E-state index contributed by atoms with van der Waals surface area (Å²) in [6, 6.07) is 3.06. The summed E-state index contributed by atoms with van der Waals surface area (Å²) < 4.78 is 17.9. The van der Waals surface area contributed by atoms with Gasteiger partial charge in [-0.15, -0.1) is 0 Å². The number of carboxylic acid groups (broad SMARTS) is 1. The van der Waals surface area contributed by atoms with E-state index in [4.69, 9.17) is 5.11 Å². The predicted octanol–water partition coefficient (Wildman–Crippen LogP) is 3.18. The number of nitrogens with zero attached hydrogens (tertiary/aromatic N) is 3. The molecule has 2 aliphatic carbocycles. The van der Waals surface area contributed by atoms with Gasteiger partial charge in [0.2, 0.25) is 0 Å². The first-order valence-electron chi connectivity index (χ1n) is 12.0. The maximum atomic E-state index is 15.1. The number of benzene rings is 1. The normalized spacial score (nSPS) is 17.8. The number of aromatic nitrogens is 2. The molecule has 1 aromatic carbocycles. The maximum absolute atomic E-state index is 15.1. The van der Waals surface area contributed by atoms with E-state index in [2.05, 4.69) is 5.32 Å². The molecule has 2 saturated carbocycles. The van der Waals surface area contributed by atoms with Crippen LogP contribution in [0.25, 0.3) is 10.9 Å². The van der Waals surface area contributed by atoms with E-state index in [1.165, 1.54) is 17.4 Å². The Kier molecular flexibility index (Phi) is 7.17. The molecule has 0 saturated heterocycles. The van der Waals surface area contributed by atoms with E-state index in [0.717, 1.165) is 55.9 Å². The molecule has 1 heterocycles. The van der Waals surface area contributed by atoms with Gasteiger partial charge in [0.25, 0.3) is 5.56 Å². The topological polar surface area (TPSA) is 96.6 Å². The summed E-state index contributed by atoms with van der Waals surface area (Å²) in [5, 5.41) is 12.5. The van der Waals surface area contributed by atoms with Crippen molar-refractivity contribution in [3.63, 3.8) is 0 Å². The quantitative estimate of drug-likeness (QED) is 0.628. The second-order valence-corrected chi connectivity index (χ2v) is 9.51. The summed E-state index contributed by atoms with van der Waals surface area (Å²) in [5.74, 6) is -1.47. The summed E-state index contributed by atoms with van der Waals surface area (Å²) in [7, 11) is 1.62. The van der Waals surface area contributed by atoms with Crippen LogP contribution in [0.4, 0.5) is 10.1 Å². The van der Waals surface area contributed by atoms with E-state index >= 15 is 4.39 Å². The number of fused-ring (bicyclic) bond motifs is 1. The van der Waals surface area contributed by atoms with Crippen LogP contribution < -0.4 is 16.6 Å². The number of nitrogens with one attached hydrogen (secondary N) is 1. The van der Waals surface area contributed by atoms with Crippen molar-refractivity contribution in [2.45, 2.75) is 76.4 Å². The fourth-order valence-electron chi connectivity index (χ4n) is 5.27. The molecule has 0 spiro atoms. The van der Waals surface area contributed by atoms with Gasteiger partial charge >= 0.3 is 11.7 Å². The van der Waals surface area contributed by atoms with Crippen molar-refractivity contribution in [2.75, 3.05) is 25.5 Å². The van der Waals surface area contributed by atoms with Crippen LogP contribution in [0.5, 0.6) is 0 Å². The number of hydrogen-bond donors (Lipinski definition) is 2. The number of halogens is 1. The molecular formula is C24H33FN4O4. The van der Waals surface area contributed by atoms with Gasteiger partial charge in [-0.3, -0.25) is 23.6 Å². The first kappa shape index (κ1) is 23.5. The van der Waals surface area contributed by atoms with E-state index < -0.39 is 23.0 Å². The van der Waals surface area contributed by atoms with Crippen molar-refractivity contribution in [1.29, 1.82) is 0 Å². The summed E-state index contributed by atoms with van der Waals surface area (Å²) in [6.07, 6.45) is 9.09. The molecule has 9 heteroatoms. The molecule has 8 nitrogen and oxygen atoms in total. The number of anilines is 1. The highest BCUT2D eigenvalue weighted by atomic mass is 19.1. The van der Waals surface area contributed by atoms with Crippen molar-refractivity contribution in [2.24, 2.45) is 0 Å². The van der Waals surface area contributed by atoms with Gasteiger partial charge in [0.15, 0.2) is 0 Å². The van der Waals surface area contributed by atoms with Crippen molar-refractivity contribution in [3.8, 4) is 0 Å². The minimum atomic E-state index is -0.980. The van der Waals surface area contributed by atoms with Gasteiger partial charge in [0.05, 0.1) is 23.1 Å². The average molecular weight is 461 g/mol. The summed E-state index contributed by atoms with van der Waals surface area (Å²) >= 11 is 0. The minimum Gasteiger partial charge on any atom is -0.480 e. The number of likely N-dealkylation sites (N-methyl/N-ethyl adjacent to an activating group) is 1. The lowest BCUT2D eigenvalue weighted by molar-refractivity contribution is -0.138. The molecule has 2 fully saturated rings. The molecule has 4 rings (SSSR count). The third-order valence-corrected chi connectivity index (χ3v) is 7.02. The number of aliphatic carboxylic acids is 1. The third kappa shape index (κ3) is 5.13. The van der Waals surface area contributed by atoms with Crippen LogP contribution in [-0.2, 0) is 11.3 Å². The summed E-state index contributed by atoms with van der Waals surface area (Å²) in [4.78, 5) is 39.2. The fraction of sp³-hybridized carbons (Fsp3) is 0.625. The zero-order valence-electron chi connectivity index (χ0n) is 19.2. The van der Waals surface area contributed by atoms with Crippen molar-refractivity contribution < 1.29 is 14.3 Å². The number of carbonyl (C=O) groups is 1. The lowest BCUT2D eigenvalue weighted by Crippen LogP contribution is -2.43. The molecule has 0 amide bonds. The van der Waals surface area contributed by atoms with Gasteiger partial charge in [0.1, 0.15) is 5.82 Å². The highest BCUT2D eigenvalue weighted by Crippen LogP contribution is 2.32. The number of hydrogen-bond acceptors (Lipinski definition) is 5. The van der Waals surface area contributed by atoms with Gasteiger partial charge in [-0.1, -0.05) is 32.1 Å². The van der Waals surface area contributed by atoms with Gasteiger partial charge < -0.3 is 10.4 Å². The summed E-state index contributed by atoms with van der Waals surface area (Å²) in [5.41, 5.74) is -0.111. The Balaban J connectivity index is 1.77. The Bertz CT molecular complexity index is 1130. The van der Waals surface area contributed by atoms with Gasteiger partial charge in [-0.05, 0) is 44.9 Å². The Labute approximate surface area is 192 Å². The van der Waals surface area contributed by atoms with E-state index in [0.29, 0.717) is 11.2 Å². The lowest BCUT2D eigenvalue weighted by atomic mass is 9.95. The first-order valence-corrected chi connectivity index (χ1v) is 12.0. The largest absolute Gasteiger partial charge is 0.480 e. The smallest absolute Gasteiger partial charge is 0.331 e.